The van der Waals surface area contributed by atoms with Crippen LogP contribution in [0.15, 0.2) is 67.1 Å². The van der Waals surface area contributed by atoms with Crippen molar-refractivity contribution in [1.29, 1.82) is 5.26 Å². The summed E-state index contributed by atoms with van der Waals surface area (Å²) in [4.78, 5) is 12.2. The number of nitrogens with zero attached hydrogens (tertiary/aromatic N) is 5. The molecule has 34 heavy (non-hydrogen) atoms. The summed E-state index contributed by atoms with van der Waals surface area (Å²) in [7, 11) is 1.65. The van der Waals surface area contributed by atoms with Gasteiger partial charge in [-0.15, -0.1) is 0 Å². The van der Waals surface area contributed by atoms with Crippen LogP contribution in [-0.4, -0.2) is 33.1 Å². The minimum atomic E-state index is 0.623. The molecule has 4 aromatic rings. The summed E-state index contributed by atoms with van der Waals surface area (Å²) in [5, 5.41) is 14.0. The van der Waals surface area contributed by atoms with E-state index >= 15 is 0 Å². The molecule has 0 bridgehead atoms. The molecule has 0 fully saturated rings. The number of rotatable bonds is 6. The van der Waals surface area contributed by atoms with Crippen LogP contribution < -0.4 is 5.32 Å². The number of ether oxygens (including phenoxy) is 1. The minimum absolute atomic E-state index is 0.623. The second-order valence-corrected chi connectivity index (χ2v) is 8.35. The van der Waals surface area contributed by atoms with Crippen LogP contribution in [0.1, 0.15) is 28.1 Å². The van der Waals surface area contributed by atoms with Gasteiger partial charge < -0.3 is 15.0 Å². The lowest BCUT2D eigenvalue weighted by atomic mass is 10.1. The molecule has 0 saturated carbocycles. The van der Waals surface area contributed by atoms with Crippen LogP contribution >= 0.6 is 0 Å². The first kappa shape index (κ1) is 21.5. The number of hydrogen-bond donors (Lipinski definition) is 1. The summed E-state index contributed by atoms with van der Waals surface area (Å²) in [5.74, 6) is 1.45. The Hall–Kier alpha value is -4.31. The van der Waals surface area contributed by atoms with Crippen molar-refractivity contribution < 1.29 is 4.74 Å². The highest BCUT2D eigenvalue weighted by atomic mass is 16.5. The third kappa shape index (κ3) is 4.06. The van der Waals surface area contributed by atoms with Crippen molar-refractivity contribution in [1.82, 2.24) is 19.4 Å². The fraction of sp³-hybridized carbons (Fsp3) is 0.222. The topological polar surface area (TPSA) is 79.0 Å². The lowest BCUT2D eigenvalue weighted by Crippen LogP contribution is -2.29. The third-order valence-corrected chi connectivity index (χ3v) is 6.14. The number of aryl methyl sites for hydroxylation is 1. The number of anilines is 1. The van der Waals surface area contributed by atoms with Crippen LogP contribution in [0.3, 0.4) is 0 Å². The normalized spacial score (nSPS) is 13.1. The van der Waals surface area contributed by atoms with Crippen LogP contribution in [0.25, 0.3) is 16.9 Å². The number of fused-ring (bicyclic) bond motifs is 2. The van der Waals surface area contributed by atoms with Gasteiger partial charge in [-0.1, -0.05) is 36.4 Å². The maximum atomic E-state index is 9.55. The van der Waals surface area contributed by atoms with Gasteiger partial charge in [0.05, 0.1) is 36.2 Å². The summed E-state index contributed by atoms with van der Waals surface area (Å²) in [6.45, 7) is 4.25. The molecule has 3 heterocycles. The Morgan fingerprint density at radius 3 is 2.79 bits per heavy atom. The second kappa shape index (κ2) is 9.28. The Bertz CT molecular complexity index is 1400. The number of methoxy groups -OCH3 is 1. The van der Waals surface area contributed by atoms with Crippen LogP contribution in [0.2, 0.25) is 0 Å². The molecular formula is C27H26N6O. The van der Waals surface area contributed by atoms with Crippen LogP contribution in [-0.2, 0) is 24.2 Å². The molecule has 1 N–H and O–H groups in total. The second-order valence-electron chi connectivity index (χ2n) is 8.35. The number of nitrogens with one attached hydrogen (secondary N) is 1. The molecule has 0 unspecified atom stereocenters. The molecule has 0 radical (unpaired) electrons. The average Bonchev–Trinajstić information content (AvgIpc) is 3.22. The zero-order valence-corrected chi connectivity index (χ0v) is 19.3. The van der Waals surface area contributed by atoms with E-state index in [2.05, 4.69) is 28.4 Å². The Morgan fingerprint density at radius 1 is 1.15 bits per heavy atom. The zero-order chi connectivity index (χ0) is 23.5. The fourth-order valence-electron chi connectivity index (χ4n) is 4.45. The van der Waals surface area contributed by atoms with E-state index in [4.69, 9.17) is 14.7 Å². The molecular weight excluding hydrogens is 424 g/mol. The van der Waals surface area contributed by atoms with Crippen molar-refractivity contribution in [3.05, 3.63) is 95.1 Å². The summed E-state index contributed by atoms with van der Waals surface area (Å²) in [6.07, 6.45) is 4.46. The first-order valence-corrected chi connectivity index (χ1v) is 11.3. The van der Waals surface area contributed by atoms with Gasteiger partial charge in [-0.2, -0.15) is 10.2 Å². The zero-order valence-electron chi connectivity index (χ0n) is 19.3. The molecule has 2 aromatic carbocycles. The molecule has 0 aliphatic carbocycles. The monoisotopic (exact) mass is 450 g/mol. The molecule has 0 amide bonds. The first-order chi connectivity index (χ1) is 16.7. The SMILES string of the molecule is COC=CN1CCc2nc(-n3c(C)cc4c(C#N)cccc43)nc(NCc3ccccc3)c2C1. The van der Waals surface area contributed by atoms with Gasteiger partial charge in [0.1, 0.15) is 5.82 Å². The van der Waals surface area contributed by atoms with Crippen molar-refractivity contribution in [2.45, 2.75) is 26.4 Å². The third-order valence-electron chi connectivity index (χ3n) is 6.14. The Kier molecular flexibility index (Phi) is 5.88. The lowest BCUT2D eigenvalue weighted by molar-refractivity contribution is 0.300. The maximum Gasteiger partial charge on any atom is 0.236 e. The molecule has 1 aliphatic rings. The molecule has 2 aromatic heterocycles. The van der Waals surface area contributed by atoms with E-state index < -0.39 is 0 Å². The number of hydrogen-bond acceptors (Lipinski definition) is 6. The van der Waals surface area contributed by atoms with Crippen LogP contribution in [0, 0.1) is 18.3 Å². The lowest BCUT2D eigenvalue weighted by Gasteiger charge is -2.28. The summed E-state index contributed by atoms with van der Waals surface area (Å²) in [5.41, 5.74) is 5.90. The highest BCUT2D eigenvalue weighted by Gasteiger charge is 2.23. The highest BCUT2D eigenvalue weighted by molar-refractivity contribution is 5.88. The highest BCUT2D eigenvalue weighted by Crippen LogP contribution is 2.29. The Morgan fingerprint density at radius 2 is 2.00 bits per heavy atom. The standard InChI is InChI=1S/C27H26N6O/c1-19-15-22-21(16-28)9-6-10-25(22)33(19)27-30-24-11-12-32(13-14-34-2)18-23(24)26(31-27)29-17-20-7-4-3-5-8-20/h3-10,13-15H,11-12,17-18H2,1-2H3,(H,29,30,31). The smallest absolute Gasteiger partial charge is 0.236 e. The molecule has 0 atom stereocenters. The van der Waals surface area contributed by atoms with E-state index in [0.717, 1.165) is 46.6 Å². The molecule has 0 saturated heterocycles. The van der Waals surface area contributed by atoms with Gasteiger partial charge in [0.2, 0.25) is 5.95 Å². The quantitative estimate of drug-likeness (QED) is 0.430. The van der Waals surface area contributed by atoms with Gasteiger partial charge in [0, 0.05) is 48.9 Å². The number of aromatic nitrogens is 3. The number of benzene rings is 2. The summed E-state index contributed by atoms with van der Waals surface area (Å²) < 4.78 is 7.16. The average molecular weight is 451 g/mol. The summed E-state index contributed by atoms with van der Waals surface area (Å²) in [6, 6.07) is 20.4. The van der Waals surface area contributed by atoms with Gasteiger partial charge in [-0.05, 0) is 30.7 Å². The molecule has 7 nitrogen and oxygen atoms in total. The van der Waals surface area contributed by atoms with E-state index in [1.165, 1.54) is 5.56 Å². The van der Waals surface area contributed by atoms with Crippen molar-refractivity contribution in [3.8, 4) is 12.0 Å². The van der Waals surface area contributed by atoms with Crippen molar-refractivity contribution in [2.24, 2.45) is 0 Å². The molecule has 5 rings (SSSR count). The van der Waals surface area contributed by atoms with Gasteiger partial charge in [0.25, 0.3) is 0 Å². The van der Waals surface area contributed by atoms with E-state index in [1.807, 2.05) is 60.2 Å². The Balaban J connectivity index is 1.60. The van der Waals surface area contributed by atoms with E-state index in [9.17, 15) is 5.26 Å². The van der Waals surface area contributed by atoms with Gasteiger partial charge in [-0.25, -0.2) is 4.98 Å². The van der Waals surface area contributed by atoms with Crippen molar-refractivity contribution in [2.75, 3.05) is 19.0 Å². The van der Waals surface area contributed by atoms with Crippen LogP contribution in [0.4, 0.5) is 5.82 Å². The van der Waals surface area contributed by atoms with E-state index in [0.29, 0.717) is 24.6 Å². The maximum absolute atomic E-state index is 9.55. The van der Waals surface area contributed by atoms with Crippen molar-refractivity contribution >= 4 is 16.7 Å². The van der Waals surface area contributed by atoms with Gasteiger partial charge >= 0.3 is 0 Å². The summed E-state index contributed by atoms with van der Waals surface area (Å²) >= 11 is 0. The first-order valence-electron chi connectivity index (χ1n) is 11.3. The van der Waals surface area contributed by atoms with E-state index in [-0.39, 0.29) is 0 Å². The van der Waals surface area contributed by atoms with Crippen LogP contribution in [0.5, 0.6) is 0 Å². The molecule has 7 heteroatoms. The van der Waals surface area contributed by atoms with Gasteiger partial charge in [0.15, 0.2) is 0 Å². The predicted octanol–water partition coefficient (Wildman–Crippen LogP) is 4.69. The Labute approximate surface area is 198 Å². The van der Waals surface area contributed by atoms with Crippen molar-refractivity contribution in [3.63, 3.8) is 0 Å². The number of nitriles is 1. The molecule has 170 valence electrons. The molecule has 1 aliphatic heterocycles. The predicted molar refractivity (Wildman–Crippen MR) is 132 cm³/mol. The van der Waals surface area contributed by atoms with E-state index in [1.54, 1.807) is 13.4 Å². The largest absolute Gasteiger partial charge is 0.503 e. The fourth-order valence-corrected chi connectivity index (χ4v) is 4.45. The van der Waals surface area contributed by atoms with Gasteiger partial charge in [-0.3, -0.25) is 4.57 Å². The minimum Gasteiger partial charge on any atom is -0.503 e. The molecule has 0 spiro atoms.